The number of aryl methyl sites for hydroxylation is 1. The molecule has 2 aromatic rings. The van der Waals surface area contributed by atoms with Gasteiger partial charge in [0.2, 0.25) is 0 Å². The zero-order valence-electron chi connectivity index (χ0n) is 6.78. The molecule has 0 aliphatic rings. The highest BCUT2D eigenvalue weighted by atomic mass is 14.8. The van der Waals surface area contributed by atoms with Crippen LogP contribution in [0.15, 0.2) is 30.9 Å². The van der Waals surface area contributed by atoms with Crippen molar-refractivity contribution in [2.75, 3.05) is 0 Å². The van der Waals surface area contributed by atoms with Crippen LogP contribution in [0.25, 0.3) is 11.4 Å². The van der Waals surface area contributed by atoms with Crippen molar-refractivity contribution >= 4 is 0 Å². The summed E-state index contributed by atoms with van der Waals surface area (Å²) in [5, 5.41) is 0. The van der Waals surface area contributed by atoms with E-state index in [-0.39, 0.29) is 0 Å². The quantitative estimate of drug-likeness (QED) is 0.689. The van der Waals surface area contributed by atoms with E-state index in [1.54, 1.807) is 18.6 Å². The third-order valence-electron chi connectivity index (χ3n) is 1.67. The number of nitrogens with zero attached hydrogens (tertiary/aromatic N) is 2. The van der Waals surface area contributed by atoms with Gasteiger partial charge in [0.1, 0.15) is 5.69 Å². The number of hydrogen-bond acceptors (Lipinski definition) is 2. The highest BCUT2D eigenvalue weighted by Gasteiger charge is 1.98. The Kier molecular flexibility index (Phi) is 1.63. The second kappa shape index (κ2) is 2.77. The summed E-state index contributed by atoms with van der Waals surface area (Å²) in [5.74, 6) is 0. The fraction of sp³-hybridized carbons (Fsp3) is 0.111. The smallest absolute Gasteiger partial charge is 0.105 e. The van der Waals surface area contributed by atoms with Crippen molar-refractivity contribution in [3.63, 3.8) is 0 Å². The predicted molar refractivity (Wildman–Crippen MR) is 46.6 cm³/mol. The van der Waals surface area contributed by atoms with Gasteiger partial charge in [-0.3, -0.25) is 9.97 Å². The second-order valence-corrected chi connectivity index (χ2v) is 2.68. The maximum absolute atomic E-state index is 4.17. The molecule has 0 spiro atoms. The van der Waals surface area contributed by atoms with Crippen molar-refractivity contribution in [1.29, 1.82) is 0 Å². The summed E-state index contributed by atoms with van der Waals surface area (Å²) in [5.41, 5.74) is 3.10. The summed E-state index contributed by atoms with van der Waals surface area (Å²) in [6, 6.07) is 2.05. The second-order valence-electron chi connectivity index (χ2n) is 2.68. The van der Waals surface area contributed by atoms with Gasteiger partial charge in [-0.05, 0) is 18.6 Å². The Morgan fingerprint density at radius 2 is 2.25 bits per heavy atom. The van der Waals surface area contributed by atoms with Gasteiger partial charge in [0.05, 0.1) is 11.9 Å². The molecule has 0 radical (unpaired) electrons. The first-order valence-electron chi connectivity index (χ1n) is 3.77. The van der Waals surface area contributed by atoms with E-state index in [1.165, 1.54) is 5.56 Å². The van der Waals surface area contributed by atoms with Crippen LogP contribution >= 0.6 is 0 Å². The van der Waals surface area contributed by atoms with Crippen molar-refractivity contribution in [1.82, 2.24) is 15.0 Å². The van der Waals surface area contributed by atoms with Crippen molar-refractivity contribution in [2.24, 2.45) is 0 Å². The molecule has 0 fully saturated rings. The molecule has 2 aromatic heterocycles. The maximum atomic E-state index is 4.17. The molecule has 0 saturated carbocycles. The van der Waals surface area contributed by atoms with Crippen LogP contribution in [-0.2, 0) is 0 Å². The fourth-order valence-corrected chi connectivity index (χ4v) is 1.09. The van der Waals surface area contributed by atoms with Gasteiger partial charge in [0.25, 0.3) is 0 Å². The Morgan fingerprint density at radius 3 is 2.83 bits per heavy atom. The highest BCUT2D eigenvalue weighted by molar-refractivity contribution is 5.53. The first kappa shape index (κ1) is 7.03. The summed E-state index contributed by atoms with van der Waals surface area (Å²) < 4.78 is 0. The molecule has 3 heteroatoms. The molecule has 0 amide bonds. The maximum Gasteiger partial charge on any atom is 0.105 e. The summed E-state index contributed by atoms with van der Waals surface area (Å²) >= 11 is 0. The van der Waals surface area contributed by atoms with E-state index in [4.69, 9.17) is 0 Å². The monoisotopic (exact) mass is 159 g/mol. The fourth-order valence-electron chi connectivity index (χ4n) is 1.09. The predicted octanol–water partition coefficient (Wildman–Crippen LogP) is 1.78. The van der Waals surface area contributed by atoms with Gasteiger partial charge in [-0.1, -0.05) is 0 Å². The molecular formula is C9H9N3. The summed E-state index contributed by atoms with van der Waals surface area (Å²) in [6.07, 6.45) is 7.04. The summed E-state index contributed by atoms with van der Waals surface area (Å²) in [6.45, 7) is 2.04. The van der Waals surface area contributed by atoms with Crippen molar-refractivity contribution < 1.29 is 0 Å². The van der Waals surface area contributed by atoms with E-state index in [9.17, 15) is 0 Å². The molecule has 0 bridgehead atoms. The Balaban J connectivity index is 2.45. The molecule has 0 atom stereocenters. The zero-order chi connectivity index (χ0) is 8.39. The molecule has 60 valence electrons. The average Bonchev–Trinajstić information content (AvgIpc) is 2.54. The van der Waals surface area contributed by atoms with Crippen LogP contribution in [0, 0.1) is 6.92 Å². The lowest BCUT2D eigenvalue weighted by Crippen LogP contribution is -1.82. The first-order valence-corrected chi connectivity index (χ1v) is 3.77. The molecule has 2 heterocycles. The molecule has 0 saturated heterocycles. The van der Waals surface area contributed by atoms with E-state index < -0.39 is 0 Å². The van der Waals surface area contributed by atoms with Gasteiger partial charge >= 0.3 is 0 Å². The third-order valence-corrected chi connectivity index (χ3v) is 1.67. The van der Waals surface area contributed by atoms with Gasteiger partial charge in [0, 0.05) is 18.6 Å². The largest absolute Gasteiger partial charge is 0.360 e. The van der Waals surface area contributed by atoms with E-state index in [1.807, 2.05) is 19.2 Å². The SMILES string of the molecule is Cc1c[nH]c(-c2cnccn2)c1. The van der Waals surface area contributed by atoms with Crippen LogP contribution in [0.1, 0.15) is 5.56 Å². The number of H-pyrrole nitrogens is 1. The van der Waals surface area contributed by atoms with Crippen LogP contribution < -0.4 is 0 Å². The van der Waals surface area contributed by atoms with Crippen LogP contribution in [0.2, 0.25) is 0 Å². The number of hydrogen-bond donors (Lipinski definition) is 1. The van der Waals surface area contributed by atoms with Gasteiger partial charge in [-0.2, -0.15) is 0 Å². The average molecular weight is 159 g/mol. The van der Waals surface area contributed by atoms with Crippen molar-refractivity contribution in [3.05, 3.63) is 36.4 Å². The standard InChI is InChI=1S/C9H9N3/c1-7-4-8(12-5-7)9-6-10-2-3-11-9/h2-6,12H,1H3. The van der Waals surface area contributed by atoms with Gasteiger partial charge in [-0.25, -0.2) is 0 Å². The highest BCUT2D eigenvalue weighted by Crippen LogP contribution is 2.13. The number of aromatic nitrogens is 3. The topological polar surface area (TPSA) is 41.6 Å². The number of nitrogens with one attached hydrogen (secondary N) is 1. The van der Waals surface area contributed by atoms with Crippen LogP contribution in [0.3, 0.4) is 0 Å². The molecule has 0 aliphatic carbocycles. The molecule has 12 heavy (non-hydrogen) atoms. The molecule has 0 unspecified atom stereocenters. The van der Waals surface area contributed by atoms with Crippen LogP contribution in [0.4, 0.5) is 0 Å². The molecule has 0 aromatic carbocycles. The normalized spacial score (nSPS) is 10.1. The van der Waals surface area contributed by atoms with E-state index in [2.05, 4.69) is 15.0 Å². The lowest BCUT2D eigenvalue weighted by atomic mass is 10.3. The van der Waals surface area contributed by atoms with E-state index in [0.29, 0.717) is 0 Å². The Hall–Kier alpha value is -1.64. The lowest BCUT2D eigenvalue weighted by molar-refractivity contribution is 1.19. The number of rotatable bonds is 1. The van der Waals surface area contributed by atoms with Crippen molar-refractivity contribution in [3.8, 4) is 11.4 Å². The molecule has 0 aliphatic heterocycles. The molecule has 3 nitrogen and oxygen atoms in total. The Morgan fingerprint density at radius 1 is 1.33 bits per heavy atom. The third kappa shape index (κ3) is 1.21. The molecular weight excluding hydrogens is 150 g/mol. The number of aromatic amines is 1. The van der Waals surface area contributed by atoms with E-state index in [0.717, 1.165) is 11.4 Å². The van der Waals surface area contributed by atoms with Crippen LogP contribution in [-0.4, -0.2) is 15.0 Å². The Bertz CT molecular complexity index is 364. The summed E-state index contributed by atoms with van der Waals surface area (Å²) in [4.78, 5) is 11.3. The van der Waals surface area contributed by atoms with E-state index >= 15 is 0 Å². The van der Waals surface area contributed by atoms with Gasteiger partial charge < -0.3 is 4.98 Å². The molecule has 1 N–H and O–H groups in total. The van der Waals surface area contributed by atoms with Gasteiger partial charge in [0.15, 0.2) is 0 Å². The Labute approximate surface area is 70.5 Å². The van der Waals surface area contributed by atoms with Crippen LogP contribution in [0.5, 0.6) is 0 Å². The van der Waals surface area contributed by atoms with Crippen molar-refractivity contribution in [2.45, 2.75) is 6.92 Å². The lowest BCUT2D eigenvalue weighted by Gasteiger charge is -1.92. The molecule has 2 rings (SSSR count). The summed E-state index contributed by atoms with van der Waals surface area (Å²) in [7, 11) is 0. The zero-order valence-corrected chi connectivity index (χ0v) is 6.78. The minimum absolute atomic E-state index is 0.880. The minimum atomic E-state index is 0.880. The minimum Gasteiger partial charge on any atom is -0.360 e. The first-order chi connectivity index (χ1) is 5.86. The van der Waals surface area contributed by atoms with Gasteiger partial charge in [-0.15, -0.1) is 0 Å².